The normalized spacial score (nSPS) is 13.9. The highest BCUT2D eigenvalue weighted by molar-refractivity contribution is 7.15. The summed E-state index contributed by atoms with van der Waals surface area (Å²) >= 11 is 7.48. The van der Waals surface area contributed by atoms with E-state index < -0.39 is 11.6 Å². The largest absolute Gasteiger partial charge is 0.479 e. The van der Waals surface area contributed by atoms with Crippen LogP contribution in [0.2, 0.25) is 5.02 Å². The highest BCUT2D eigenvalue weighted by Crippen LogP contribution is 2.28. The van der Waals surface area contributed by atoms with Crippen LogP contribution in [0.4, 0.5) is 0 Å². The minimum Gasteiger partial charge on any atom is -0.479 e. The molecule has 0 bridgehead atoms. The number of nitrogens with one attached hydrogen (secondary N) is 1. The number of carbonyl (C=O) groups is 1. The van der Waals surface area contributed by atoms with Gasteiger partial charge in [-0.05, 0) is 36.8 Å². The summed E-state index contributed by atoms with van der Waals surface area (Å²) in [5.41, 5.74) is -0.663. The van der Waals surface area contributed by atoms with E-state index in [1.807, 2.05) is 36.4 Å². The standard InChI is InChI=1S/C15H16ClNO3S/c1-15(20,14(18)19)9-17-8-12-6-7-13(21-12)10-2-4-11(16)5-3-10/h2-7,17,20H,8-9H2,1H3,(H,18,19). The maximum atomic E-state index is 10.8. The third kappa shape index (κ3) is 4.28. The van der Waals surface area contributed by atoms with Crippen LogP contribution < -0.4 is 5.32 Å². The molecule has 4 nitrogen and oxygen atoms in total. The van der Waals surface area contributed by atoms with E-state index in [1.165, 1.54) is 6.92 Å². The maximum Gasteiger partial charge on any atom is 0.336 e. The van der Waals surface area contributed by atoms with Crippen molar-refractivity contribution in [1.82, 2.24) is 5.32 Å². The molecule has 1 atom stereocenters. The minimum absolute atomic E-state index is 0.00346. The van der Waals surface area contributed by atoms with Crippen molar-refractivity contribution in [3.63, 3.8) is 0 Å². The van der Waals surface area contributed by atoms with Crippen molar-refractivity contribution in [1.29, 1.82) is 0 Å². The van der Waals surface area contributed by atoms with E-state index in [9.17, 15) is 9.90 Å². The second-order valence-corrected chi connectivity index (χ2v) is 6.56. The van der Waals surface area contributed by atoms with Crippen molar-refractivity contribution < 1.29 is 15.0 Å². The Balaban J connectivity index is 1.95. The van der Waals surface area contributed by atoms with Crippen molar-refractivity contribution in [2.75, 3.05) is 6.54 Å². The second-order valence-electron chi connectivity index (χ2n) is 4.96. The molecular weight excluding hydrogens is 310 g/mol. The zero-order valence-corrected chi connectivity index (χ0v) is 13.0. The highest BCUT2D eigenvalue weighted by atomic mass is 35.5. The molecule has 1 aromatic heterocycles. The first-order valence-corrected chi connectivity index (χ1v) is 7.59. The third-order valence-corrected chi connectivity index (χ3v) is 4.41. The number of aliphatic carboxylic acids is 1. The van der Waals surface area contributed by atoms with E-state index in [4.69, 9.17) is 16.7 Å². The zero-order chi connectivity index (χ0) is 15.5. The molecule has 0 spiro atoms. The van der Waals surface area contributed by atoms with Gasteiger partial charge in [0.1, 0.15) is 0 Å². The second kappa shape index (κ2) is 6.58. The van der Waals surface area contributed by atoms with E-state index >= 15 is 0 Å². The lowest BCUT2D eigenvalue weighted by Gasteiger charge is -2.17. The fraction of sp³-hybridized carbons (Fsp3) is 0.267. The predicted molar refractivity (Wildman–Crippen MR) is 84.7 cm³/mol. The van der Waals surface area contributed by atoms with E-state index in [0.29, 0.717) is 11.6 Å². The van der Waals surface area contributed by atoms with E-state index in [0.717, 1.165) is 15.3 Å². The van der Waals surface area contributed by atoms with Crippen LogP contribution in [0.1, 0.15) is 11.8 Å². The lowest BCUT2D eigenvalue weighted by Crippen LogP contribution is -2.44. The molecule has 0 saturated carbocycles. The molecule has 1 heterocycles. The summed E-state index contributed by atoms with van der Waals surface area (Å²) in [5, 5.41) is 22.1. The first kappa shape index (κ1) is 16.0. The Hall–Kier alpha value is -1.40. The van der Waals surface area contributed by atoms with Gasteiger partial charge in [0.25, 0.3) is 0 Å². The lowest BCUT2D eigenvalue weighted by atomic mass is 10.1. The monoisotopic (exact) mass is 325 g/mol. The molecule has 0 aliphatic heterocycles. The van der Waals surface area contributed by atoms with Gasteiger partial charge in [-0.15, -0.1) is 11.3 Å². The smallest absolute Gasteiger partial charge is 0.336 e. The number of benzene rings is 1. The van der Waals surface area contributed by atoms with Gasteiger partial charge in [0.15, 0.2) is 5.60 Å². The number of aliphatic hydroxyl groups is 1. The van der Waals surface area contributed by atoms with E-state index in [-0.39, 0.29) is 6.54 Å². The molecule has 0 fully saturated rings. The summed E-state index contributed by atoms with van der Waals surface area (Å²) in [5.74, 6) is -1.23. The molecule has 2 aromatic rings. The maximum absolute atomic E-state index is 10.8. The van der Waals surface area contributed by atoms with Gasteiger partial charge in [-0.1, -0.05) is 23.7 Å². The van der Waals surface area contributed by atoms with Crippen molar-refractivity contribution >= 4 is 28.9 Å². The molecule has 0 saturated heterocycles. The molecule has 21 heavy (non-hydrogen) atoms. The first-order chi connectivity index (χ1) is 9.88. The van der Waals surface area contributed by atoms with Crippen LogP contribution in [0.15, 0.2) is 36.4 Å². The lowest BCUT2D eigenvalue weighted by molar-refractivity contribution is -0.156. The molecule has 0 amide bonds. The highest BCUT2D eigenvalue weighted by Gasteiger charge is 2.29. The number of carboxylic acids is 1. The SMILES string of the molecule is CC(O)(CNCc1ccc(-c2ccc(Cl)cc2)s1)C(=O)O. The molecule has 2 rings (SSSR count). The van der Waals surface area contributed by atoms with Crippen LogP contribution >= 0.6 is 22.9 Å². The zero-order valence-electron chi connectivity index (χ0n) is 11.5. The van der Waals surface area contributed by atoms with Gasteiger partial charge in [0, 0.05) is 27.9 Å². The summed E-state index contributed by atoms with van der Waals surface area (Å²) in [7, 11) is 0. The molecule has 112 valence electrons. The average molecular weight is 326 g/mol. The average Bonchev–Trinajstić information content (AvgIpc) is 2.88. The Morgan fingerprint density at radius 2 is 1.95 bits per heavy atom. The molecule has 0 aliphatic carbocycles. The van der Waals surface area contributed by atoms with Gasteiger partial charge in [-0.3, -0.25) is 0 Å². The van der Waals surface area contributed by atoms with Gasteiger partial charge in [-0.25, -0.2) is 4.79 Å². The fourth-order valence-corrected chi connectivity index (χ4v) is 2.86. The Morgan fingerprint density at radius 1 is 1.29 bits per heavy atom. The van der Waals surface area contributed by atoms with Gasteiger partial charge < -0.3 is 15.5 Å². The van der Waals surface area contributed by atoms with Crippen molar-refractivity contribution in [3.8, 4) is 10.4 Å². The predicted octanol–water partition coefficient (Wildman–Crippen LogP) is 2.99. The molecule has 3 N–H and O–H groups in total. The first-order valence-electron chi connectivity index (χ1n) is 6.39. The Labute approximate surface area is 132 Å². The van der Waals surface area contributed by atoms with Crippen LogP contribution in [-0.2, 0) is 11.3 Å². The summed E-state index contributed by atoms with van der Waals surface area (Å²) in [6, 6.07) is 11.6. The van der Waals surface area contributed by atoms with Crippen LogP contribution in [0.3, 0.4) is 0 Å². The number of hydrogen-bond acceptors (Lipinski definition) is 4. The Morgan fingerprint density at radius 3 is 2.57 bits per heavy atom. The number of hydrogen-bond donors (Lipinski definition) is 3. The van der Waals surface area contributed by atoms with Crippen LogP contribution in [0.5, 0.6) is 0 Å². The summed E-state index contributed by atoms with van der Waals surface area (Å²) in [6.07, 6.45) is 0. The molecule has 0 aliphatic rings. The Kier molecular flexibility index (Phi) is 5.00. The molecular formula is C15H16ClNO3S. The Bertz CT molecular complexity index is 622. The fourth-order valence-electron chi connectivity index (χ4n) is 1.75. The van der Waals surface area contributed by atoms with Crippen LogP contribution in [0.25, 0.3) is 10.4 Å². The number of rotatable bonds is 6. The van der Waals surface area contributed by atoms with Crippen molar-refractivity contribution in [3.05, 3.63) is 46.3 Å². The van der Waals surface area contributed by atoms with Crippen LogP contribution in [-0.4, -0.2) is 28.3 Å². The third-order valence-electron chi connectivity index (χ3n) is 3.02. The summed E-state index contributed by atoms with van der Waals surface area (Å²) in [4.78, 5) is 13.0. The number of thiophene rings is 1. The minimum atomic E-state index is -1.75. The van der Waals surface area contributed by atoms with Gasteiger partial charge in [-0.2, -0.15) is 0 Å². The van der Waals surface area contributed by atoms with Gasteiger partial charge in [0.2, 0.25) is 0 Å². The van der Waals surface area contributed by atoms with Crippen molar-refractivity contribution in [2.45, 2.75) is 19.1 Å². The van der Waals surface area contributed by atoms with Crippen molar-refractivity contribution in [2.24, 2.45) is 0 Å². The van der Waals surface area contributed by atoms with E-state index in [1.54, 1.807) is 11.3 Å². The van der Waals surface area contributed by atoms with Gasteiger partial charge >= 0.3 is 5.97 Å². The number of carboxylic acid groups (broad SMARTS) is 1. The summed E-state index contributed by atoms with van der Waals surface area (Å²) < 4.78 is 0. The van der Waals surface area contributed by atoms with Crippen LogP contribution in [0, 0.1) is 0 Å². The molecule has 6 heteroatoms. The topological polar surface area (TPSA) is 69.6 Å². The molecule has 1 unspecified atom stereocenters. The number of halogens is 1. The summed E-state index contributed by atoms with van der Waals surface area (Å²) in [6.45, 7) is 1.79. The van der Waals surface area contributed by atoms with Gasteiger partial charge in [0.05, 0.1) is 0 Å². The quantitative estimate of drug-likeness (QED) is 0.763. The molecule has 0 radical (unpaired) electrons. The molecule has 1 aromatic carbocycles. The van der Waals surface area contributed by atoms with E-state index in [2.05, 4.69) is 5.32 Å².